The van der Waals surface area contributed by atoms with Gasteiger partial charge >= 0.3 is 0 Å². The first-order valence-corrected chi connectivity index (χ1v) is 10.3. The van der Waals surface area contributed by atoms with E-state index in [1.807, 2.05) is 55.5 Å². The van der Waals surface area contributed by atoms with Gasteiger partial charge in [0.25, 0.3) is 5.91 Å². The molecular formula is C24H30N2O3. The Morgan fingerprint density at radius 1 is 1.10 bits per heavy atom. The number of nitrogens with one attached hydrogen (secondary N) is 1. The molecule has 1 aliphatic rings. The Morgan fingerprint density at radius 3 is 2.52 bits per heavy atom. The molecule has 1 fully saturated rings. The van der Waals surface area contributed by atoms with E-state index in [0.29, 0.717) is 25.2 Å². The van der Waals surface area contributed by atoms with Crippen LogP contribution in [0.15, 0.2) is 48.5 Å². The van der Waals surface area contributed by atoms with Gasteiger partial charge in [-0.05, 0) is 37.1 Å². The molecule has 2 amide bonds. The van der Waals surface area contributed by atoms with Gasteiger partial charge in [0.05, 0.1) is 13.0 Å². The first-order chi connectivity index (χ1) is 14.0. The number of amides is 2. The van der Waals surface area contributed by atoms with E-state index in [4.69, 9.17) is 4.74 Å². The zero-order chi connectivity index (χ0) is 20.8. The summed E-state index contributed by atoms with van der Waals surface area (Å²) in [5, 5.41) is 3.05. The number of hydrogen-bond acceptors (Lipinski definition) is 3. The summed E-state index contributed by atoms with van der Waals surface area (Å²) in [6.07, 6.45) is 1.97. The van der Waals surface area contributed by atoms with Crippen LogP contribution in [-0.2, 0) is 4.79 Å². The monoisotopic (exact) mass is 394 g/mol. The Morgan fingerprint density at radius 2 is 1.83 bits per heavy atom. The van der Waals surface area contributed by atoms with Gasteiger partial charge in [-0.15, -0.1) is 0 Å². The van der Waals surface area contributed by atoms with Crippen molar-refractivity contribution in [2.75, 3.05) is 26.7 Å². The van der Waals surface area contributed by atoms with Crippen molar-refractivity contribution in [2.45, 2.75) is 32.6 Å². The van der Waals surface area contributed by atoms with Crippen LogP contribution >= 0.6 is 0 Å². The van der Waals surface area contributed by atoms with Gasteiger partial charge in [-0.25, -0.2) is 0 Å². The maximum Gasteiger partial charge on any atom is 0.253 e. The highest BCUT2D eigenvalue weighted by molar-refractivity contribution is 5.95. The molecule has 2 aromatic rings. The smallest absolute Gasteiger partial charge is 0.253 e. The summed E-state index contributed by atoms with van der Waals surface area (Å²) in [4.78, 5) is 27.8. The van der Waals surface area contributed by atoms with Crippen molar-refractivity contribution >= 4 is 11.8 Å². The molecule has 29 heavy (non-hydrogen) atoms. The lowest BCUT2D eigenvalue weighted by Gasteiger charge is -2.20. The molecular weight excluding hydrogens is 364 g/mol. The lowest BCUT2D eigenvalue weighted by molar-refractivity contribution is -0.124. The van der Waals surface area contributed by atoms with Crippen molar-refractivity contribution in [2.24, 2.45) is 5.92 Å². The third kappa shape index (κ3) is 4.78. The number of benzene rings is 2. The Hall–Kier alpha value is -2.82. The van der Waals surface area contributed by atoms with Crippen molar-refractivity contribution in [3.63, 3.8) is 0 Å². The van der Waals surface area contributed by atoms with Gasteiger partial charge in [0.1, 0.15) is 5.75 Å². The molecule has 0 aromatic heterocycles. The number of ether oxygens (including phenoxy) is 1. The summed E-state index contributed by atoms with van der Waals surface area (Å²) >= 11 is 0. The third-order valence-electron chi connectivity index (χ3n) is 5.61. The van der Waals surface area contributed by atoms with Gasteiger partial charge in [0, 0.05) is 31.1 Å². The van der Waals surface area contributed by atoms with Gasteiger partial charge in [-0.1, -0.05) is 49.2 Å². The highest BCUT2D eigenvalue weighted by atomic mass is 16.5. The maximum absolute atomic E-state index is 13.1. The number of rotatable bonds is 7. The second kappa shape index (κ2) is 9.59. The molecule has 0 radical (unpaired) electrons. The van der Waals surface area contributed by atoms with Crippen LogP contribution in [0.2, 0.25) is 0 Å². The van der Waals surface area contributed by atoms with Gasteiger partial charge in [0.15, 0.2) is 0 Å². The van der Waals surface area contributed by atoms with Crippen LogP contribution in [0.3, 0.4) is 0 Å². The van der Waals surface area contributed by atoms with Crippen molar-refractivity contribution in [1.82, 2.24) is 10.2 Å². The minimum absolute atomic E-state index is 0.00793. The molecule has 0 aliphatic carbocycles. The normalized spacial score (nSPS) is 18.5. The van der Waals surface area contributed by atoms with Gasteiger partial charge in [0.2, 0.25) is 5.91 Å². The largest absolute Gasteiger partial charge is 0.496 e. The Balaban J connectivity index is 1.86. The van der Waals surface area contributed by atoms with E-state index < -0.39 is 0 Å². The molecule has 5 nitrogen and oxygen atoms in total. The highest BCUT2D eigenvalue weighted by Gasteiger charge is 2.41. The van der Waals surface area contributed by atoms with Crippen LogP contribution in [0, 0.1) is 12.8 Å². The van der Waals surface area contributed by atoms with Crippen LogP contribution in [-0.4, -0.2) is 43.5 Å². The quantitative estimate of drug-likeness (QED) is 0.727. The van der Waals surface area contributed by atoms with Crippen LogP contribution in [0.25, 0.3) is 0 Å². The summed E-state index contributed by atoms with van der Waals surface area (Å²) < 4.78 is 5.54. The summed E-state index contributed by atoms with van der Waals surface area (Å²) in [5.74, 6) is 0.343. The Labute approximate surface area is 173 Å². The number of aryl methyl sites for hydroxylation is 1. The van der Waals surface area contributed by atoms with E-state index in [2.05, 4.69) is 12.2 Å². The molecule has 154 valence electrons. The molecule has 1 aliphatic heterocycles. The summed E-state index contributed by atoms with van der Waals surface area (Å²) in [5.41, 5.74) is 2.74. The van der Waals surface area contributed by atoms with Crippen LogP contribution in [0.4, 0.5) is 0 Å². The summed E-state index contributed by atoms with van der Waals surface area (Å²) in [6.45, 7) is 5.67. The standard InChI is InChI=1S/C24H30N2O3/c1-4-5-14-25-23(27)21-16-26(24(28)18-12-10-17(2)11-13-18)15-20(21)19-8-6-7-9-22(19)29-3/h6-13,20-21H,4-5,14-16H2,1-3H3,(H,25,27)/t20-,21-/m1/s1. The molecule has 5 heteroatoms. The van der Waals surface area contributed by atoms with E-state index in [1.54, 1.807) is 12.0 Å². The molecule has 2 atom stereocenters. The Kier molecular flexibility index (Phi) is 6.91. The molecule has 3 rings (SSSR count). The fraction of sp³-hybridized carbons (Fsp3) is 0.417. The topological polar surface area (TPSA) is 58.6 Å². The van der Waals surface area contributed by atoms with E-state index >= 15 is 0 Å². The average molecular weight is 395 g/mol. The molecule has 2 aromatic carbocycles. The van der Waals surface area contributed by atoms with Crippen LogP contribution in [0.5, 0.6) is 5.75 Å². The number of unbranched alkanes of at least 4 members (excludes halogenated alkanes) is 1. The number of methoxy groups -OCH3 is 1. The molecule has 0 unspecified atom stereocenters. The van der Waals surface area contributed by atoms with Crippen molar-refractivity contribution in [3.8, 4) is 5.75 Å². The first kappa shape index (κ1) is 20.9. The predicted molar refractivity (Wildman–Crippen MR) is 114 cm³/mol. The Bertz CT molecular complexity index is 847. The number of carbonyl (C=O) groups excluding carboxylic acids is 2. The van der Waals surface area contributed by atoms with Crippen LogP contribution in [0.1, 0.15) is 47.2 Å². The predicted octanol–water partition coefficient (Wildman–Crippen LogP) is 3.78. The number of carbonyl (C=O) groups is 2. The molecule has 1 saturated heterocycles. The number of para-hydroxylation sites is 1. The van der Waals surface area contributed by atoms with E-state index in [-0.39, 0.29) is 23.7 Å². The first-order valence-electron chi connectivity index (χ1n) is 10.3. The second-order valence-electron chi connectivity index (χ2n) is 7.68. The molecule has 0 bridgehead atoms. The van der Waals surface area contributed by atoms with E-state index in [9.17, 15) is 9.59 Å². The number of likely N-dealkylation sites (tertiary alicyclic amines) is 1. The molecule has 1 N–H and O–H groups in total. The minimum Gasteiger partial charge on any atom is -0.496 e. The second-order valence-corrected chi connectivity index (χ2v) is 7.68. The number of nitrogens with zero attached hydrogens (tertiary/aromatic N) is 1. The van der Waals surface area contributed by atoms with Crippen molar-refractivity contribution < 1.29 is 14.3 Å². The third-order valence-corrected chi connectivity index (χ3v) is 5.61. The van der Waals surface area contributed by atoms with Crippen molar-refractivity contribution in [3.05, 3.63) is 65.2 Å². The fourth-order valence-corrected chi connectivity index (χ4v) is 3.92. The SMILES string of the molecule is CCCCNC(=O)[C@@H]1CN(C(=O)c2ccc(C)cc2)C[C@@H]1c1ccccc1OC. The van der Waals surface area contributed by atoms with Gasteiger partial charge in [-0.2, -0.15) is 0 Å². The zero-order valence-electron chi connectivity index (χ0n) is 17.5. The van der Waals surface area contributed by atoms with Gasteiger partial charge in [-0.3, -0.25) is 9.59 Å². The van der Waals surface area contributed by atoms with E-state index in [0.717, 1.165) is 29.7 Å². The summed E-state index contributed by atoms with van der Waals surface area (Å²) in [7, 11) is 1.64. The van der Waals surface area contributed by atoms with Crippen molar-refractivity contribution in [1.29, 1.82) is 0 Å². The average Bonchev–Trinajstić information content (AvgIpc) is 3.19. The lowest BCUT2D eigenvalue weighted by atomic mass is 9.87. The minimum atomic E-state index is -0.294. The molecule has 1 heterocycles. The highest BCUT2D eigenvalue weighted by Crippen LogP contribution is 2.38. The fourth-order valence-electron chi connectivity index (χ4n) is 3.92. The molecule has 0 saturated carbocycles. The van der Waals surface area contributed by atoms with Gasteiger partial charge < -0.3 is 15.0 Å². The van der Waals surface area contributed by atoms with E-state index in [1.165, 1.54) is 0 Å². The zero-order valence-corrected chi connectivity index (χ0v) is 17.5. The number of hydrogen-bond donors (Lipinski definition) is 1. The lowest BCUT2D eigenvalue weighted by Crippen LogP contribution is -2.36. The maximum atomic E-state index is 13.1. The van der Waals surface area contributed by atoms with Crippen LogP contribution < -0.4 is 10.1 Å². The summed E-state index contributed by atoms with van der Waals surface area (Å²) in [6, 6.07) is 15.4. The molecule has 0 spiro atoms.